The molecule has 118 valence electrons. The van der Waals surface area contributed by atoms with E-state index in [1.54, 1.807) is 6.92 Å². The molecule has 1 atom stereocenters. The maximum atomic E-state index is 11.9. The van der Waals surface area contributed by atoms with Crippen LogP contribution in [-0.2, 0) is 5.60 Å². The van der Waals surface area contributed by atoms with Crippen LogP contribution in [0.2, 0.25) is 0 Å². The number of carbonyl (C=O) groups excluding carboxylic acids is 1. The van der Waals surface area contributed by atoms with Gasteiger partial charge in [0.05, 0.1) is 6.54 Å². The van der Waals surface area contributed by atoms with E-state index in [4.69, 9.17) is 4.42 Å². The molecule has 3 N–H and O–H groups in total. The molecule has 0 spiro atoms. The van der Waals surface area contributed by atoms with E-state index in [1.165, 1.54) is 12.8 Å². The number of nitrogens with one attached hydrogen (secondary N) is 2. The highest BCUT2D eigenvalue weighted by Gasteiger charge is 2.28. The van der Waals surface area contributed by atoms with Crippen molar-refractivity contribution in [1.29, 1.82) is 0 Å². The van der Waals surface area contributed by atoms with Crippen molar-refractivity contribution < 1.29 is 14.3 Å². The molecule has 1 saturated carbocycles. The summed E-state index contributed by atoms with van der Waals surface area (Å²) in [6, 6.07) is 9.43. The molecular formula is C17H22N2O3. The van der Waals surface area contributed by atoms with E-state index in [9.17, 15) is 9.90 Å². The molecule has 1 fully saturated rings. The van der Waals surface area contributed by atoms with E-state index in [2.05, 4.69) is 10.6 Å². The Morgan fingerprint density at radius 2 is 2.09 bits per heavy atom. The summed E-state index contributed by atoms with van der Waals surface area (Å²) in [6.07, 6.45) is 4.41. The number of fused-ring (bicyclic) bond motifs is 1. The van der Waals surface area contributed by atoms with Gasteiger partial charge in [-0.2, -0.15) is 0 Å². The van der Waals surface area contributed by atoms with Gasteiger partial charge in [0.2, 0.25) is 0 Å². The number of hydrogen-bond donors (Lipinski definition) is 3. The molecule has 0 saturated heterocycles. The lowest BCUT2D eigenvalue weighted by Gasteiger charge is -2.22. The van der Waals surface area contributed by atoms with Crippen molar-refractivity contribution in [2.75, 3.05) is 6.54 Å². The van der Waals surface area contributed by atoms with Crippen molar-refractivity contribution >= 4 is 17.0 Å². The fourth-order valence-electron chi connectivity index (χ4n) is 2.89. The summed E-state index contributed by atoms with van der Waals surface area (Å²) in [7, 11) is 0. The Labute approximate surface area is 129 Å². The van der Waals surface area contributed by atoms with Gasteiger partial charge >= 0.3 is 6.03 Å². The van der Waals surface area contributed by atoms with Gasteiger partial charge in [0.15, 0.2) is 0 Å². The van der Waals surface area contributed by atoms with Gasteiger partial charge in [-0.05, 0) is 31.9 Å². The van der Waals surface area contributed by atoms with E-state index < -0.39 is 5.60 Å². The lowest BCUT2D eigenvalue weighted by Crippen LogP contribution is -2.46. The first kappa shape index (κ1) is 14.9. The smallest absolute Gasteiger partial charge is 0.315 e. The molecule has 1 aliphatic carbocycles. The Hall–Kier alpha value is -2.01. The van der Waals surface area contributed by atoms with Gasteiger partial charge in [-0.25, -0.2) is 4.79 Å². The summed E-state index contributed by atoms with van der Waals surface area (Å²) < 4.78 is 5.68. The van der Waals surface area contributed by atoms with Crippen molar-refractivity contribution in [3.05, 3.63) is 36.1 Å². The second-order valence-electron chi connectivity index (χ2n) is 6.23. The van der Waals surface area contributed by atoms with Crippen molar-refractivity contribution in [1.82, 2.24) is 10.6 Å². The average Bonchev–Trinajstić information content (AvgIpc) is 3.14. The Kier molecular flexibility index (Phi) is 4.07. The Morgan fingerprint density at radius 1 is 1.36 bits per heavy atom. The number of aliphatic hydroxyl groups is 1. The van der Waals surface area contributed by atoms with E-state index in [-0.39, 0.29) is 18.6 Å². The van der Waals surface area contributed by atoms with Gasteiger partial charge in [-0.3, -0.25) is 0 Å². The topological polar surface area (TPSA) is 74.5 Å². The van der Waals surface area contributed by atoms with Gasteiger partial charge in [0, 0.05) is 11.4 Å². The third kappa shape index (κ3) is 3.25. The predicted molar refractivity (Wildman–Crippen MR) is 84.6 cm³/mol. The SMILES string of the molecule is CC(O)(CNC(=O)NC1CCCC1)c1cc2ccccc2o1. The van der Waals surface area contributed by atoms with Crippen molar-refractivity contribution in [2.24, 2.45) is 0 Å². The lowest BCUT2D eigenvalue weighted by atomic mass is 10.0. The number of hydrogen-bond acceptors (Lipinski definition) is 3. The fraction of sp³-hybridized carbons (Fsp3) is 0.471. The van der Waals surface area contributed by atoms with Gasteiger partial charge < -0.3 is 20.2 Å². The summed E-state index contributed by atoms with van der Waals surface area (Å²) in [5, 5.41) is 17.2. The number of benzene rings is 1. The molecule has 1 aromatic carbocycles. The molecule has 1 aliphatic rings. The first-order chi connectivity index (χ1) is 10.5. The second kappa shape index (κ2) is 6.01. The molecule has 1 heterocycles. The third-order valence-electron chi connectivity index (χ3n) is 4.24. The van der Waals surface area contributed by atoms with Crippen LogP contribution in [0.3, 0.4) is 0 Å². The molecular weight excluding hydrogens is 280 g/mol. The average molecular weight is 302 g/mol. The van der Waals surface area contributed by atoms with Crippen LogP contribution in [0.1, 0.15) is 38.4 Å². The number of carbonyl (C=O) groups is 1. The Bertz CT molecular complexity index is 624. The van der Waals surface area contributed by atoms with E-state index in [1.807, 2.05) is 30.3 Å². The van der Waals surface area contributed by atoms with E-state index in [0.717, 1.165) is 23.8 Å². The van der Waals surface area contributed by atoms with Crippen LogP contribution < -0.4 is 10.6 Å². The highest BCUT2D eigenvalue weighted by molar-refractivity contribution is 5.78. The first-order valence-electron chi connectivity index (χ1n) is 7.80. The molecule has 5 heteroatoms. The highest BCUT2D eigenvalue weighted by atomic mass is 16.4. The molecule has 1 aromatic heterocycles. The minimum absolute atomic E-state index is 0.103. The van der Waals surface area contributed by atoms with Crippen LogP contribution in [0.4, 0.5) is 4.79 Å². The minimum atomic E-state index is -1.24. The maximum Gasteiger partial charge on any atom is 0.315 e. The van der Waals surface area contributed by atoms with Gasteiger partial charge in [0.1, 0.15) is 16.9 Å². The lowest BCUT2D eigenvalue weighted by molar-refractivity contribution is 0.0382. The Morgan fingerprint density at radius 3 is 2.82 bits per heavy atom. The maximum absolute atomic E-state index is 11.9. The van der Waals surface area contributed by atoms with E-state index >= 15 is 0 Å². The monoisotopic (exact) mass is 302 g/mol. The first-order valence-corrected chi connectivity index (χ1v) is 7.80. The number of para-hydroxylation sites is 1. The summed E-state index contributed by atoms with van der Waals surface area (Å²) in [6.45, 7) is 1.74. The number of furan rings is 1. The highest BCUT2D eigenvalue weighted by Crippen LogP contribution is 2.27. The summed E-state index contributed by atoms with van der Waals surface area (Å²) in [4.78, 5) is 11.9. The van der Waals surface area contributed by atoms with Crippen LogP contribution >= 0.6 is 0 Å². The fourth-order valence-corrected chi connectivity index (χ4v) is 2.89. The predicted octanol–water partition coefficient (Wildman–Crippen LogP) is 2.88. The number of rotatable bonds is 4. The van der Waals surface area contributed by atoms with Gasteiger partial charge in [-0.15, -0.1) is 0 Å². The summed E-state index contributed by atoms with van der Waals surface area (Å²) in [5.41, 5.74) is -0.514. The van der Waals surface area contributed by atoms with E-state index in [0.29, 0.717) is 5.76 Å². The quantitative estimate of drug-likeness (QED) is 0.813. The summed E-state index contributed by atoms with van der Waals surface area (Å²) >= 11 is 0. The molecule has 0 radical (unpaired) electrons. The molecule has 1 unspecified atom stereocenters. The van der Waals surface area contributed by atoms with Crippen molar-refractivity contribution in [3.8, 4) is 0 Å². The molecule has 5 nitrogen and oxygen atoms in total. The number of urea groups is 1. The van der Waals surface area contributed by atoms with Crippen LogP contribution in [0.5, 0.6) is 0 Å². The van der Waals surface area contributed by atoms with Crippen molar-refractivity contribution in [2.45, 2.75) is 44.2 Å². The molecule has 0 bridgehead atoms. The Balaban J connectivity index is 1.61. The van der Waals surface area contributed by atoms with Crippen LogP contribution in [0, 0.1) is 0 Å². The van der Waals surface area contributed by atoms with Crippen molar-refractivity contribution in [3.63, 3.8) is 0 Å². The largest absolute Gasteiger partial charge is 0.458 e. The second-order valence-corrected chi connectivity index (χ2v) is 6.23. The molecule has 0 aliphatic heterocycles. The molecule has 2 amide bonds. The van der Waals surface area contributed by atoms with Gasteiger partial charge in [0.25, 0.3) is 0 Å². The van der Waals surface area contributed by atoms with Gasteiger partial charge in [-0.1, -0.05) is 31.0 Å². The standard InChI is InChI=1S/C17H22N2O3/c1-17(21,11-18-16(20)19-13-7-3-4-8-13)15-10-12-6-2-5-9-14(12)22-15/h2,5-6,9-10,13,21H,3-4,7-8,11H2,1H3,(H2,18,19,20). The van der Waals surface area contributed by atoms with Crippen LogP contribution in [0.25, 0.3) is 11.0 Å². The minimum Gasteiger partial charge on any atom is -0.458 e. The third-order valence-corrected chi connectivity index (χ3v) is 4.24. The van der Waals surface area contributed by atoms with Crippen LogP contribution in [0.15, 0.2) is 34.7 Å². The zero-order chi connectivity index (χ0) is 15.6. The zero-order valence-corrected chi connectivity index (χ0v) is 12.8. The molecule has 22 heavy (non-hydrogen) atoms. The normalized spacial score (nSPS) is 18.3. The summed E-state index contributed by atoms with van der Waals surface area (Å²) in [5.74, 6) is 0.454. The molecule has 2 aromatic rings. The molecule has 3 rings (SSSR count). The zero-order valence-electron chi connectivity index (χ0n) is 12.8. The number of amides is 2. The van der Waals surface area contributed by atoms with Crippen LogP contribution in [-0.4, -0.2) is 23.7 Å².